The Morgan fingerprint density at radius 1 is 1.32 bits per heavy atom. The van der Waals surface area contributed by atoms with Gasteiger partial charge >= 0.3 is 0 Å². The van der Waals surface area contributed by atoms with Crippen molar-refractivity contribution in [3.05, 3.63) is 42.0 Å². The van der Waals surface area contributed by atoms with Crippen LogP contribution in [0.3, 0.4) is 0 Å². The Kier molecular flexibility index (Phi) is 3.03. The van der Waals surface area contributed by atoms with Crippen LogP contribution in [0.2, 0.25) is 0 Å². The van der Waals surface area contributed by atoms with Crippen molar-refractivity contribution in [3.63, 3.8) is 0 Å². The van der Waals surface area contributed by atoms with E-state index >= 15 is 0 Å². The van der Waals surface area contributed by atoms with E-state index in [1.807, 2.05) is 19.4 Å². The Morgan fingerprint density at radius 3 is 2.84 bits per heavy atom. The highest BCUT2D eigenvalue weighted by molar-refractivity contribution is 6.17. The number of fused-ring (bicyclic) bond motifs is 1. The van der Waals surface area contributed by atoms with E-state index in [4.69, 9.17) is 16.6 Å². The van der Waals surface area contributed by atoms with Crippen LogP contribution >= 0.6 is 11.6 Å². The third kappa shape index (κ3) is 2.12. The Bertz CT molecular complexity index is 726. The molecule has 0 N–H and O–H groups in total. The Morgan fingerprint density at radius 2 is 2.16 bits per heavy atom. The molecule has 0 bridgehead atoms. The Labute approximate surface area is 116 Å². The number of alkyl halides is 1. The summed E-state index contributed by atoms with van der Waals surface area (Å²) in [5, 5.41) is 4.23. The van der Waals surface area contributed by atoms with E-state index in [2.05, 4.69) is 34.8 Å². The molecule has 1 aromatic carbocycles. The number of nitrogens with zero attached hydrogens (tertiary/aromatic N) is 4. The molecule has 19 heavy (non-hydrogen) atoms. The van der Waals surface area contributed by atoms with Crippen molar-refractivity contribution in [1.29, 1.82) is 0 Å². The second kappa shape index (κ2) is 4.70. The summed E-state index contributed by atoms with van der Waals surface area (Å²) < 4.78 is 3.92. The summed E-state index contributed by atoms with van der Waals surface area (Å²) in [6.07, 6.45) is 4.57. The number of hydrogen-bond acceptors (Lipinski definition) is 2. The van der Waals surface area contributed by atoms with Crippen LogP contribution in [-0.2, 0) is 13.5 Å². The number of imidazole rings is 1. The lowest BCUT2D eigenvalue weighted by molar-refractivity contribution is 0.767. The maximum absolute atomic E-state index is 5.89. The minimum atomic E-state index is 0.558. The molecule has 3 rings (SSSR count). The molecule has 4 nitrogen and oxygen atoms in total. The van der Waals surface area contributed by atoms with Gasteiger partial charge in [0.2, 0.25) is 0 Å². The summed E-state index contributed by atoms with van der Waals surface area (Å²) in [6, 6.07) is 6.30. The molecule has 5 heteroatoms. The van der Waals surface area contributed by atoms with Crippen molar-refractivity contribution in [3.8, 4) is 5.69 Å². The van der Waals surface area contributed by atoms with Crippen molar-refractivity contribution in [2.45, 2.75) is 13.3 Å². The smallest absolute Gasteiger partial charge is 0.115 e. The normalized spacial score (nSPS) is 11.3. The number of rotatable bonds is 3. The highest BCUT2D eigenvalue weighted by atomic mass is 35.5. The van der Waals surface area contributed by atoms with Crippen molar-refractivity contribution in [2.75, 3.05) is 5.88 Å². The van der Waals surface area contributed by atoms with Gasteiger partial charge in [0, 0.05) is 25.5 Å². The first-order valence-corrected chi connectivity index (χ1v) is 6.75. The molecule has 0 aliphatic rings. The summed E-state index contributed by atoms with van der Waals surface area (Å²) in [5.41, 5.74) is 4.33. The van der Waals surface area contributed by atoms with Gasteiger partial charge < -0.3 is 0 Å². The number of benzene rings is 1. The lowest BCUT2D eigenvalue weighted by atomic mass is 10.2. The average Bonchev–Trinajstić information content (AvgIpc) is 2.92. The van der Waals surface area contributed by atoms with E-state index in [-0.39, 0.29) is 0 Å². The Balaban J connectivity index is 2.27. The van der Waals surface area contributed by atoms with Crippen LogP contribution in [-0.4, -0.2) is 25.2 Å². The van der Waals surface area contributed by atoms with Crippen LogP contribution in [0.25, 0.3) is 16.7 Å². The molecule has 0 unspecified atom stereocenters. The van der Waals surface area contributed by atoms with Gasteiger partial charge in [0.25, 0.3) is 0 Å². The highest BCUT2D eigenvalue weighted by Crippen LogP contribution is 2.22. The molecule has 0 atom stereocenters. The zero-order valence-electron chi connectivity index (χ0n) is 11.0. The minimum Gasteiger partial charge on any atom is -0.293 e. The van der Waals surface area contributed by atoms with Crippen LogP contribution in [0.4, 0.5) is 0 Å². The molecule has 0 fully saturated rings. The van der Waals surface area contributed by atoms with Gasteiger partial charge in [0.05, 0.1) is 22.9 Å². The highest BCUT2D eigenvalue weighted by Gasteiger charge is 2.13. The third-order valence-electron chi connectivity index (χ3n) is 3.15. The monoisotopic (exact) mass is 274 g/mol. The molecule has 0 amide bonds. The summed E-state index contributed by atoms with van der Waals surface area (Å²) in [5.74, 6) is 1.53. The Hall–Kier alpha value is -1.81. The number of hydrogen-bond donors (Lipinski definition) is 0. The zero-order valence-corrected chi connectivity index (χ0v) is 11.7. The number of aryl methyl sites for hydroxylation is 3. The zero-order chi connectivity index (χ0) is 13.4. The molecule has 0 spiro atoms. The molecule has 0 saturated carbocycles. The van der Waals surface area contributed by atoms with Gasteiger partial charge in [-0.25, -0.2) is 4.98 Å². The molecular formula is C14H15ClN4. The molecule has 0 aliphatic heterocycles. The minimum absolute atomic E-state index is 0.558. The van der Waals surface area contributed by atoms with Crippen LogP contribution in [0.1, 0.15) is 11.4 Å². The van der Waals surface area contributed by atoms with E-state index in [0.717, 1.165) is 29.0 Å². The lowest BCUT2D eigenvalue weighted by Gasteiger charge is -2.05. The van der Waals surface area contributed by atoms with Gasteiger partial charge in [0.1, 0.15) is 5.82 Å². The molecule has 2 aromatic heterocycles. The van der Waals surface area contributed by atoms with E-state index in [0.29, 0.717) is 5.88 Å². The topological polar surface area (TPSA) is 35.6 Å². The molecule has 0 aliphatic carbocycles. The van der Waals surface area contributed by atoms with Crippen LogP contribution in [0, 0.1) is 6.92 Å². The van der Waals surface area contributed by atoms with E-state index < -0.39 is 0 Å². The maximum Gasteiger partial charge on any atom is 0.115 e. The maximum atomic E-state index is 5.89. The van der Waals surface area contributed by atoms with Crippen molar-refractivity contribution >= 4 is 22.6 Å². The second-order valence-electron chi connectivity index (χ2n) is 4.67. The standard InChI is InChI=1S/C14H15ClN4/c1-10-3-4-13-12(7-10)17-14(5-6-15)19(13)11-8-16-18(2)9-11/h3-4,7-9H,5-6H2,1-2H3. The van der Waals surface area contributed by atoms with E-state index in [1.165, 1.54) is 5.56 Å². The predicted octanol–water partition coefficient (Wildman–Crippen LogP) is 2.85. The molecule has 0 radical (unpaired) electrons. The van der Waals surface area contributed by atoms with Crippen molar-refractivity contribution in [2.24, 2.45) is 7.05 Å². The molecule has 0 saturated heterocycles. The van der Waals surface area contributed by atoms with Gasteiger partial charge in [-0.3, -0.25) is 9.25 Å². The van der Waals surface area contributed by atoms with Crippen molar-refractivity contribution < 1.29 is 0 Å². The molecule has 98 valence electrons. The quantitative estimate of drug-likeness (QED) is 0.689. The van der Waals surface area contributed by atoms with E-state index in [1.54, 1.807) is 4.68 Å². The largest absolute Gasteiger partial charge is 0.293 e. The van der Waals surface area contributed by atoms with Crippen LogP contribution in [0.15, 0.2) is 30.6 Å². The summed E-state index contributed by atoms with van der Waals surface area (Å²) in [6.45, 7) is 2.07. The van der Waals surface area contributed by atoms with Crippen LogP contribution < -0.4 is 0 Å². The predicted molar refractivity (Wildman–Crippen MR) is 77.0 cm³/mol. The molecule has 3 aromatic rings. The summed E-state index contributed by atoms with van der Waals surface area (Å²) >= 11 is 5.89. The third-order valence-corrected chi connectivity index (χ3v) is 3.34. The SMILES string of the molecule is Cc1ccc2c(c1)nc(CCCl)n2-c1cnn(C)c1. The fourth-order valence-corrected chi connectivity index (χ4v) is 2.47. The summed E-state index contributed by atoms with van der Waals surface area (Å²) in [7, 11) is 1.91. The fourth-order valence-electron chi connectivity index (χ4n) is 2.30. The van der Waals surface area contributed by atoms with Gasteiger partial charge in [-0.15, -0.1) is 11.6 Å². The fraction of sp³-hybridized carbons (Fsp3) is 0.286. The van der Waals surface area contributed by atoms with Gasteiger partial charge in [-0.05, 0) is 24.6 Å². The average molecular weight is 275 g/mol. The summed E-state index contributed by atoms with van der Waals surface area (Å²) in [4.78, 5) is 4.69. The first kappa shape index (κ1) is 12.2. The van der Waals surface area contributed by atoms with Gasteiger partial charge in [-0.1, -0.05) is 6.07 Å². The second-order valence-corrected chi connectivity index (χ2v) is 5.04. The number of aromatic nitrogens is 4. The molecular weight excluding hydrogens is 260 g/mol. The first-order chi connectivity index (χ1) is 9.19. The lowest BCUT2D eigenvalue weighted by Crippen LogP contribution is -2.01. The number of halogens is 1. The van der Waals surface area contributed by atoms with Crippen molar-refractivity contribution in [1.82, 2.24) is 19.3 Å². The molecule has 2 heterocycles. The van der Waals surface area contributed by atoms with Crippen LogP contribution in [0.5, 0.6) is 0 Å². The van der Waals surface area contributed by atoms with Gasteiger partial charge in [-0.2, -0.15) is 5.10 Å². The van der Waals surface area contributed by atoms with E-state index in [9.17, 15) is 0 Å². The van der Waals surface area contributed by atoms with Gasteiger partial charge in [0.15, 0.2) is 0 Å². The first-order valence-electron chi connectivity index (χ1n) is 6.22.